The van der Waals surface area contributed by atoms with E-state index in [-0.39, 0.29) is 6.04 Å². The van der Waals surface area contributed by atoms with E-state index in [4.69, 9.17) is 0 Å². The number of anilines is 2. The van der Waals surface area contributed by atoms with Crippen molar-refractivity contribution in [3.8, 4) is 0 Å². The molecule has 1 unspecified atom stereocenters. The predicted molar refractivity (Wildman–Crippen MR) is 101 cm³/mol. The van der Waals surface area contributed by atoms with Gasteiger partial charge in [-0.2, -0.15) is 0 Å². The molecule has 2 aromatic carbocycles. The zero-order valence-corrected chi connectivity index (χ0v) is 13.7. The first-order chi connectivity index (χ1) is 12.4. The first-order valence-corrected chi connectivity index (χ1v) is 8.51. The summed E-state index contributed by atoms with van der Waals surface area (Å²) in [5, 5.41) is 2.64. The van der Waals surface area contributed by atoms with Gasteiger partial charge in [0.25, 0.3) is 0 Å². The van der Waals surface area contributed by atoms with Crippen LogP contribution in [0.15, 0.2) is 85.5 Å². The highest BCUT2D eigenvalue weighted by atomic mass is 15.2. The lowest BCUT2D eigenvalue weighted by atomic mass is 9.99. The van der Waals surface area contributed by atoms with Crippen molar-refractivity contribution in [2.75, 3.05) is 4.90 Å². The Labute approximate surface area is 146 Å². The zero-order chi connectivity index (χ0) is 16.6. The predicted octanol–water partition coefficient (Wildman–Crippen LogP) is 5.07. The number of hydrogen-bond acceptors (Lipinski definition) is 3. The lowest BCUT2D eigenvalue weighted by Gasteiger charge is -2.28. The molecule has 0 saturated carbocycles. The van der Waals surface area contributed by atoms with Gasteiger partial charge >= 0.3 is 0 Å². The summed E-state index contributed by atoms with van der Waals surface area (Å²) in [5.41, 5.74) is 5.15. The van der Waals surface area contributed by atoms with Gasteiger partial charge in [0.05, 0.1) is 6.04 Å². The van der Waals surface area contributed by atoms with Crippen molar-refractivity contribution in [1.29, 1.82) is 0 Å². The molecular formula is C22H17N3. The third-order valence-corrected chi connectivity index (χ3v) is 5.02. The van der Waals surface area contributed by atoms with Crippen LogP contribution in [0.3, 0.4) is 0 Å². The molecule has 3 nitrogen and oxygen atoms in total. The molecule has 0 amide bonds. The number of pyridine rings is 2. The summed E-state index contributed by atoms with van der Waals surface area (Å²) in [4.78, 5) is 10.8. The molecule has 4 aromatic rings. The fourth-order valence-electron chi connectivity index (χ4n) is 3.89. The Bertz CT molecular complexity index is 1030. The highest BCUT2D eigenvalue weighted by Crippen LogP contribution is 2.47. The standard InChI is InChI=1S/C22H17N3/c1-2-4-19-16(3-1)5-6-21-20(19)15-22(17-7-11-23-12-8-17)25(21)18-9-13-24-14-10-18/h1-14,22H,15H2. The number of benzene rings is 2. The van der Waals surface area contributed by atoms with Gasteiger partial charge in [-0.3, -0.25) is 9.97 Å². The van der Waals surface area contributed by atoms with Crippen LogP contribution in [0.2, 0.25) is 0 Å². The molecule has 1 atom stereocenters. The van der Waals surface area contributed by atoms with Gasteiger partial charge < -0.3 is 4.90 Å². The van der Waals surface area contributed by atoms with E-state index in [0.29, 0.717) is 0 Å². The SMILES string of the molecule is c1ccc2c3c(ccc2c1)N(c1ccncc1)C(c1ccncc1)C3. The third-order valence-electron chi connectivity index (χ3n) is 5.02. The molecule has 3 heterocycles. The lowest BCUT2D eigenvalue weighted by molar-refractivity contribution is 0.742. The van der Waals surface area contributed by atoms with Gasteiger partial charge in [0, 0.05) is 36.2 Å². The summed E-state index contributed by atoms with van der Waals surface area (Å²) in [6.07, 6.45) is 8.46. The Kier molecular flexibility index (Phi) is 3.23. The minimum atomic E-state index is 0.270. The molecular weight excluding hydrogens is 306 g/mol. The molecule has 0 N–H and O–H groups in total. The second kappa shape index (κ2) is 5.71. The number of aromatic nitrogens is 2. The Morgan fingerprint density at radius 2 is 1.48 bits per heavy atom. The van der Waals surface area contributed by atoms with Gasteiger partial charge in [0.1, 0.15) is 0 Å². The molecule has 0 spiro atoms. The Morgan fingerprint density at radius 3 is 2.28 bits per heavy atom. The van der Waals surface area contributed by atoms with Crippen LogP contribution in [-0.2, 0) is 6.42 Å². The zero-order valence-electron chi connectivity index (χ0n) is 13.7. The summed E-state index contributed by atoms with van der Waals surface area (Å²) < 4.78 is 0. The molecule has 25 heavy (non-hydrogen) atoms. The topological polar surface area (TPSA) is 29.0 Å². The van der Waals surface area contributed by atoms with Crippen LogP contribution in [0.5, 0.6) is 0 Å². The van der Waals surface area contributed by atoms with Crippen LogP contribution in [0.25, 0.3) is 10.8 Å². The van der Waals surface area contributed by atoms with Crippen molar-refractivity contribution < 1.29 is 0 Å². The summed E-state index contributed by atoms with van der Waals surface area (Å²) in [6, 6.07) is 21.8. The molecule has 1 aliphatic heterocycles. The van der Waals surface area contributed by atoms with Crippen molar-refractivity contribution in [3.05, 3.63) is 96.6 Å². The molecule has 0 saturated heterocycles. The summed E-state index contributed by atoms with van der Waals surface area (Å²) in [6.45, 7) is 0. The molecule has 3 heteroatoms. The van der Waals surface area contributed by atoms with E-state index in [2.05, 4.69) is 75.5 Å². The van der Waals surface area contributed by atoms with Crippen molar-refractivity contribution >= 4 is 22.1 Å². The van der Waals surface area contributed by atoms with Crippen LogP contribution in [0.1, 0.15) is 17.2 Å². The molecule has 1 aliphatic rings. The number of nitrogens with zero attached hydrogens (tertiary/aromatic N) is 3. The summed E-state index contributed by atoms with van der Waals surface area (Å²) in [5.74, 6) is 0. The lowest BCUT2D eigenvalue weighted by Crippen LogP contribution is -2.19. The fourth-order valence-corrected chi connectivity index (χ4v) is 3.89. The van der Waals surface area contributed by atoms with Gasteiger partial charge in [0.15, 0.2) is 0 Å². The van der Waals surface area contributed by atoms with Gasteiger partial charge in [-0.05, 0) is 58.7 Å². The van der Waals surface area contributed by atoms with Crippen LogP contribution >= 0.6 is 0 Å². The first kappa shape index (κ1) is 14.2. The van der Waals surface area contributed by atoms with Crippen LogP contribution < -0.4 is 4.90 Å². The third kappa shape index (κ3) is 2.28. The van der Waals surface area contributed by atoms with Crippen molar-refractivity contribution in [2.24, 2.45) is 0 Å². The van der Waals surface area contributed by atoms with Gasteiger partial charge in [-0.15, -0.1) is 0 Å². The van der Waals surface area contributed by atoms with Crippen LogP contribution in [-0.4, -0.2) is 9.97 Å². The van der Waals surface area contributed by atoms with E-state index in [1.54, 1.807) is 0 Å². The second-order valence-corrected chi connectivity index (χ2v) is 6.36. The highest BCUT2D eigenvalue weighted by Gasteiger charge is 2.32. The monoisotopic (exact) mass is 323 g/mol. The summed E-state index contributed by atoms with van der Waals surface area (Å²) >= 11 is 0. The fraction of sp³-hybridized carbons (Fsp3) is 0.0909. The average molecular weight is 323 g/mol. The van der Waals surface area contributed by atoms with Crippen LogP contribution in [0, 0.1) is 0 Å². The molecule has 0 radical (unpaired) electrons. The maximum atomic E-state index is 4.19. The van der Waals surface area contributed by atoms with E-state index in [0.717, 1.165) is 6.42 Å². The molecule has 5 rings (SSSR count). The number of rotatable bonds is 2. The normalized spacial score (nSPS) is 16.2. The number of fused-ring (bicyclic) bond motifs is 3. The smallest absolute Gasteiger partial charge is 0.0634 e. The van der Waals surface area contributed by atoms with Crippen molar-refractivity contribution in [2.45, 2.75) is 12.5 Å². The first-order valence-electron chi connectivity index (χ1n) is 8.51. The van der Waals surface area contributed by atoms with E-state index >= 15 is 0 Å². The number of hydrogen-bond donors (Lipinski definition) is 0. The largest absolute Gasteiger partial charge is 0.333 e. The molecule has 0 bridgehead atoms. The van der Waals surface area contributed by atoms with E-state index in [9.17, 15) is 0 Å². The van der Waals surface area contributed by atoms with Crippen molar-refractivity contribution in [1.82, 2.24) is 9.97 Å². The van der Waals surface area contributed by atoms with Gasteiger partial charge in [-0.25, -0.2) is 0 Å². The molecule has 0 fully saturated rings. The summed E-state index contributed by atoms with van der Waals surface area (Å²) in [7, 11) is 0. The van der Waals surface area contributed by atoms with Crippen LogP contribution in [0.4, 0.5) is 11.4 Å². The quantitative estimate of drug-likeness (QED) is 0.516. The molecule has 0 aliphatic carbocycles. The van der Waals surface area contributed by atoms with Crippen molar-refractivity contribution in [3.63, 3.8) is 0 Å². The Balaban J connectivity index is 1.74. The average Bonchev–Trinajstić information content (AvgIpc) is 3.09. The molecule has 120 valence electrons. The minimum absolute atomic E-state index is 0.270. The molecule has 2 aromatic heterocycles. The highest BCUT2D eigenvalue weighted by molar-refractivity contribution is 5.93. The minimum Gasteiger partial charge on any atom is -0.333 e. The van der Waals surface area contributed by atoms with Gasteiger partial charge in [-0.1, -0.05) is 30.3 Å². The van der Waals surface area contributed by atoms with E-state index < -0.39 is 0 Å². The maximum Gasteiger partial charge on any atom is 0.0634 e. The second-order valence-electron chi connectivity index (χ2n) is 6.36. The Hall–Kier alpha value is -3.20. The van der Waals surface area contributed by atoms with E-state index in [1.807, 2.05) is 24.8 Å². The van der Waals surface area contributed by atoms with E-state index in [1.165, 1.54) is 33.3 Å². The Morgan fingerprint density at radius 1 is 0.760 bits per heavy atom. The van der Waals surface area contributed by atoms with Gasteiger partial charge in [0.2, 0.25) is 0 Å². The maximum absolute atomic E-state index is 4.19.